The maximum atomic E-state index is 11.5. The molecule has 0 bridgehead atoms. The number of aryl methyl sites for hydroxylation is 1. The van der Waals surface area contributed by atoms with Crippen LogP contribution in [0.1, 0.15) is 25.8 Å². The maximum absolute atomic E-state index is 11.5. The molecule has 0 saturated heterocycles. The van der Waals surface area contributed by atoms with Gasteiger partial charge in [-0.3, -0.25) is 9.63 Å². The van der Waals surface area contributed by atoms with Crippen LogP contribution in [0.2, 0.25) is 5.02 Å². The van der Waals surface area contributed by atoms with Crippen LogP contribution in [-0.4, -0.2) is 19.6 Å². The molecule has 5 heteroatoms. The Bertz CT molecular complexity index is 421. The minimum Gasteiger partial charge on any atom is -0.495 e. The molecule has 0 fully saturated rings. The Labute approximate surface area is 119 Å². The monoisotopic (exact) mass is 285 g/mol. The predicted molar refractivity (Wildman–Crippen MR) is 75.3 cm³/mol. The summed E-state index contributed by atoms with van der Waals surface area (Å²) in [4.78, 5) is 16.6. The van der Waals surface area contributed by atoms with Crippen LogP contribution in [0.5, 0.6) is 5.75 Å². The van der Waals surface area contributed by atoms with E-state index in [0.29, 0.717) is 36.1 Å². The number of hydrogen-bond acceptors (Lipinski definition) is 3. The standard InChI is InChI=1S/C14H20ClNO3/c1-10(2)9-19-16-14(17)7-5-11-4-6-13(18-3)12(15)8-11/h4,6,8,10H,5,7,9H2,1-3H3,(H,16,17). The molecule has 0 aliphatic carbocycles. The molecule has 4 nitrogen and oxygen atoms in total. The van der Waals surface area contributed by atoms with Crippen molar-refractivity contribution in [3.8, 4) is 5.75 Å². The molecule has 0 atom stereocenters. The topological polar surface area (TPSA) is 47.6 Å². The van der Waals surface area contributed by atoms with Gasteiger partial charge in [0.05, 0.1) is 18.7 Å². The van der Waals surface area contributed by atoms with Crippen molar-refractivity contribution in [3.05, 3.63) is 28.8 Å². The number of hydrogen-bond donors (Lipinski definition) is 1. The molecular weight excluding hydrogens is 266 g/mol. The van der Waals surface area contributed by atoms with Gasteiger partial charge in [-0.1, -0.05) is 31.5 Å². The lowest BCUT2D eigenvalue weighted by atomic mass is 10.1. The molecule has 1 aromatic rings. The van der Waals surface area contributed by atoms with Crippen molar-refractivity contribution in [2.75, 3.05) is 13.7 Å². The number of rotatable bonds is 7. The first-order valence-corrected chi connectivity index (χ1v) is 6.63. The Kier molecular flexibility index (Phi) is 6.67. The summed E-state index contributed by atoms with van der Waals surface area (Å²) in [6, 6.07) is 5.50. The molecule has 1 aromatic carbocycles. The largest absolute Gasteiger partial charge is 0.495 e. The Morgan fingerprint density at radius 1 is 1.42 bits per heavy atom. The van der Waals surface area contributed by atoms with Crippen LogP contribution in [-0.2, 0) is 16.1 Å². The van der Waals surface area contributed by atoms with Gasteiger partial charge in [0, 0.05) is 6.42 Å². The number of amides is 1. The first-order chi connectivity index (χ1) is 9.02. The van der Waals surface area contributed by atoms with Gasteiger partial charge in [0.25, 0.3) is 0 Å². The number of hydroxylamine groups is 1. The van der Waals surface area contributed by atoms with E-state index in [0.717, 1.165) is 5.56 Å². The second-order valence-electron chi connectivity index (χ2n) is 4.70. The lowest BCUT2D eigenvalue weighted by molar-refractivity contribution is -0.134. The van der Waals surface area contributed by atoms with Gasteiger partial charge in [-0.05, 0) is 30.0 Å². The number of halogens is 1. The first-order valence-electron chi connectivity index (χ1n) is 6.26. The number of nitrogens with one attached hydrogen (secondary N) is 1. The smallest absolute Gasteiger partial charge is 0.243 e. The van der Waals surface area contributed by atoms with Gasteiger partial charge in [0.2, 0.25) is 5.91 Å². The highest BCUT2D eigenvalue weighted by atomic mass is 35.5. The molecule has 0 unspecified atom stereocenters. The molecule has 1 amide bonds. The second-order valence-corrected chi connectivity index (χ2v) is 5.11. The van der Waals surface area contributed by atoms with E-state index in [9.17, 15) is 4.79 Å². The van der Waals surface area contributed by atoms with Crippen LogP contribution < -0.4 is 10.2 Å². The van der Waals surface area contributed by atoms with Crippen molar-refractivity contribution in [1.29, 1.82) is 0 Å². The van der Waals surface area contributed by atoms with E-state index in [2.05, 4.69) is 5.48 Å². The SMILES string of the molecule is COc1ccc(CCC(=O)NOCC(C)C)cc1Cl. The highest BCUT2D eigenvalue weighted by Crippen LogP contribution is 2.25. The summed E-state index contributed by atoms with van der Waals surface area (Å²) in [5, 5.41) is 0.552. The van der Waals surface area contributed by atoms with Gasteiger partial charge in [-0.15, -0.1) is 0 Å². The average Bonchev–Trinajstić information content (AvgIpc) is 2.36. The number of ether oxygens (including phenoxy) is 1. The van der Waals surface area contributed by atoms with Gasteiger partial charge in [-0.25, -0.2) is 5.48 Å². The Morgan fingerprint density at radius 2 is 2.16 bits per heavy atom. The van der Waals surface area contributed by atoms with Gasteiger partial charge in [-0.2, -0.15) is 0 Å². The van der Waals surface area contributed by atoms with E-state index in [4.69, 9.17) is 21.2 Å². The number of carbonyl (C=O) groups is 1. The molecule has 1 rings (SSSR count). The van der Waals surface area contributed by atoms with Crippen molar-refractivity contribution in [2.24, 2.45) is 5.92 Å². The molecule has 0 aliphatic rings. The highest BCUT2D eigenvalue weighted by molar-refractivity contribution is 6.32. The summed E-state index contributed by atoms with van der Waals surface area (Å²) in [5.41, 5.74) is 3.42. The van der Waals surface area contributed by atoms with Gasteiger partial charge in [0.1, 0.15) is 5.75 Å². The molecule has 0 aliphatic heterocycles. The zero-order chi connectivity index (χ0) is 14.3. The third kappa shape index (κ3) is 5.94. The Hall–Kier alpha value is -1.26. The normalized spacial score (nSPS) is 10.6. The third-order valence-electron chi connectivity index (χ3n) is 2.46. The lowest BCUT2D eigenvalue weighted by Crippen LogP contribution is -2.25. The lowest BCUT2D eigenvalue weighted by Gasteiger charge is -2.08. The molecule has 0 heterocycles. The quantitative estimate of drug-likeness (QED) is 0.784. The van der Waals surface area contributed by atoms with Crippen molar-refractivity contribution < 1.29 is 14.4 Å². The molecular formula is C14H20ClNO3. The van der Waals surface area contributed by atoms with E-state index in [1.165, 1.54) is 0 Å². The second kappa shape index (κ2) is 8.02. The maximum Gasteiger partial charge on any atom is 0.243 e. The van der Waals surface area contributed by atoms with Crippen molar-refractivity contribution in [2.45, 2.75) is 26.7 Å². The van der Waals surface area contributed by atoms with Gasteiger partial charge >= 0.3 is 0 Å². The molecule has 1 N–H and O–H groups in total. The number of methoxy groups -OCH3 is 1. The molecule has 0 spiro atoms. The van der Waals surface area contributed by atoms with Crippen molar-refractivity contribution in [1.82, 2.24) is 5.48 Å². The van der Waals surface area contributed by atoms with E-state index in [-0.39, 0.29) is 5.91 Å². The number of carbonyl (C=O) groups excluding carboxylic acids is 1. The zero-order valence-corrected chi connectivity index (χ0v) is 12.3. The summed E-state index contributed by atoms with van der Waals surface area (Å²) in [6.45, 7) is 4.55. The first kappa shape index (κ1) is 15.8. The van der Waals surface area contributed by atoms with Crippen LogP contribution in [0.25, 0.3) is 0 Å². The summed E-state index contributed by atoms with van der Waals surface area (Å²) in [5.74, 6) is 0.892. The molecule has 0 saturated carbocycles. The summed E-state index contributed by atoms with van der Waals surface area (Å²) in [7, 11) is 1.57. The van der Waals surface area contributed by atoms with Crippen molar-refractivity contribution in [3.63, 3.8) is 0 Å². The van der Waals surface area contributed by atoms with E-state index >= 15 is 0 Å². The minimum absolute atomic E-state index is 0.132. The van der Waals surface area contributed by atoms with E-state index < -0.39 is 0 Å². The van der Waals surface area contributed by atoms with Crippen LogP contribution >= 0.6 is 11.6 Å². The summed E-state index contributed by atoms with van der Waals surface area (Å²) >= 11 is 6.01. The van der Waals surface area contributed by atoms with Crippen molar-refractivity contribution >= 4 is 17.5 Å². The fraction of sp³-hybridized carbons (Fsp3) is 0.500. The summed E-state index contributed by atoms with van der Waals surface area (Å²) in [6.07, 6.45) is 0.974. The predicted octanol–water partition coefficient (Wildman–Crippen LogP) is 2.99. The Balaban J connectivity index is 2.36. The van der Waals surface area contributed by atoms with Crippen LogP contribution in [0.3, 0.4) is 0 Å². The fourth-order valence-electron chi connectivity index (χ4n) is 1.46. The summed E-state index contributed by atoms with van der Waals surface area (Å²) < 4.78 is 5.07. The number of benzene rings is 1. The van der Waals surface area contributed by atoms with Gasteiger partial charge in [0.15, 0.2) is 0 Å². The van der Waals surface area contributed by atoms with Crippen LogP contribution in [0, 0.1) is 5.92 Å². The molecule has 0 aromatic heterocycles. The fourth-order valence-corrected chi connectivity index (χ4v) is 1.74. The Morgan fingerprint density at radius 3 is 2.74 bits per heavy atom. The molecule has 0 radical (unpaired) electrons. The van der Waals surface area contributed by atoms with E-state index in [1.54, 1.807) is 13.2 Å². The molecule has 106 valence electrons. The van der Waals surface area contributed by atoms with Crippen LogP contribution in [0.15, 0.2) is 18.2 Å². The highest BCUT2D eigenvalue weighted by Gasteiger charge is 2.05. The average molecular weight is 286 g/mol. The van der Waals surface area contributed by atoms with Gasteiger partial charge < -0.3 is 4.74 Å². The zero-order valence-electron chi connectivity index (χ0n) is 11.5. The third-order valence-corrected chi connectivity index (χ3v) is 2.75. The molecule has 19 heavy (non-hydrogen) atoms. The van der Waals surface area contributed by atoms with E-state index in [1.807, 2.05) is 26.0 Å². The minimum atomic E-state index is -0.132. The van der Waals surface area contributed by atoms with Crippen LogP contribution in [0.4, 0.5) is 0 Å².